The van der Waals surface area contributed by atoms with Crippen molar-refractivity contribution in [2.45, 2.75) is 52.2 Å². The Morgan fingerprint density at radius 1 is 1.53 bits per heavy atom. The first kappa shape index (κ1) is 15.2. The smallest absolute Gasteiger partial charge is 0.329 e. The van der Waals surface area contributed by atoms with E-state index < -0.39 is 11.5 Å². The molecule has 6 nitrogen and oxygen atoms in total. The van der Waals surface area contributed by atoms with Crippen LogP contribution in [0, 0.1) is 0 Å². The summed E-state index contributed by atoms with van der Waals surface area (Å²) in [4.78, 5) is 19.4. The number of aliphatic carboxylic acids is 1. The van der Waals surface area contributed by atoms with Gasteiger partial charge in [-0.3, -0.25) is 0 Å². The number of ether oxygens (including phenoxy) is 1. The van der Waals surface area contributed by atoms with Gasteiger partial charge in [-0.25, -0.2) is 14.8 Å². The topological polar surface area (TPSA) is 84.3 Å². The van der Waals surface area contributed by atoms with Crippen molar-refractivity contribution >= 4 is 11.8 Å². The normalized spacial score (nSPS) is 13.9. The predicted octanol–water partition coefficient (Wildman–Crippen LogP) is 2.32. The first-order chi connectivity index (χ1) is 8.87. The lowest BCUT2D eigenvalue weighted by atomic mass is 9.96. The van der Waals surface area contributed by atoms with Crippen molar-refractivity contribution in [3.63, 3.8) is 0 Å². The quantitative estimate of drug-likeness (QED) is 0.788. The minimum absolute atomic E-state index is 0.00393. The monoisotopic (exact) mass is 267 g/mol. The van der Waals surface area contributed by atoms with E-state index in [2.05, 4.69) is 15.3 Å². The highest BCUT2D eigenvalue weighted by atomic mass is 16.5. The summed E-state index contributed by atoms with van der Waals surface area (Å²) >= 11 is 0. The Hall–Kier alpha value is -1.85. The molecule has 0 aliphatic heterocycles. The van der Waals surface area contributed by atoms with Crippen LogP contribution in [0.25, 0.3) is 0 Å². The molecule has 1 unspecified atom stereocenters. The molecule has 0 saturated heterocycles. The van der Waals surface area contributed by atoms with E-state index in [-0.39, 0.29) is 6.10 Å². The number of hydrogen-bond acceptors (Lipinski definition) is 5. The van der Waals surface area contributed by atoms with Crippen LogP contribution in [-0.2, 0) is 4.79 Å². The molecule has 0 aromatic carbocycles. The van der Waals surface area contributed by atoms with Crippen LogP contribution in [0.15, 0.2) is 12.4 Å². The van der Waals surface area contributed by atoms with Gasteiger partial charge in [0, 0.05) is 6.07 Å². The van der Waals surface area contributed by atoms with Crippen molar-refractivity contribution in [3.8, 4) is 5.88 Å². The second-order valence-corrected chi connectivity index (χ2v) is 4.92. The highest BCUT2D eigenvalue weighted by molar-refractivity contribution is 5.81. The standard InChI is InChI=1S/C13H21N3O3/c1-5-6-13(4,12(17)18)16-10-7-11(15-8-14-10)19-9(2)3/h7-9H,5-6H2,1-4H3,(H,17,18)(H,14,15,16). The van der Waals surface area contributed by atoms with Gasteiger partial charge in [0.15, 0.2) is 0 Å². The molecule has 1 atom stereocenters. The highest BCUT2D eigenvalue weighted by Crippen LogP contribution is 2.21. The fourth-order valence-corrected chi connectivity index (χ4v) is 1.72. The molecule has 106 valence electrons. The van der Waals surface area contributed by atoms with Gasteiger partial charge in [-0.15, -0.1) is 0 Å². The summed E-state index contributed by atoms with van der Waals surface area (Å²) in [6.07, 6.45) is 2.63. The molecule has 0 spiro atoms. The average molecular weight is 267 g/mol. The minimum atomic E-state index is -1.04. The van der Waals surface area contributed by atoms with Gasteiger partial charge in [-0.1, -0.05) is 13.3 Å². The number of hydrogen-bond donors (Lipinski definition) is 2. The van der Waals surface area contributed by atoms with Crippen molar-refractivity contribution in [1.82, 2.24) is 9.97 Å². The number of nitrogens with one attached hydrogen (secondary N) is 1. The minimum Gasteiger partial charge on any atom is -0.480 e. The second-order valence-electron chi connectivity index (χ2n) is 4.92. The molecule has 0 amide bonds. The summed E-state index contributed by atoms with van der Waals surface area (Å²) in [6.45, 7) is 7.38. The maximum Gasteiger partial charge on any atom is 0.329 e. The molecule has 1 rings (SSSR count). The van der Waals surface area contributed by atoms with Crippen LogP contribution in [0.1, 0.15) is 40.5 Å². The summed E-state index contributed by atoms with van der Waals surface area (Å²) in [6, 6.07) is 1.61. The van der Waals surface area contributed by atoms with Crippen LogP contribution in [0.3, 0.4) is 0 Å². The van der Waals surface area contributed by atoms with E-state index >= 15 is 0 Å². The molecular formula is C13H21N3O3. The lowest BCUT2D eigenvalue weighted by molar-refractivity contribution is -0.142. The molecule has 1 aromatic rings. The molecule has 19 heavy (non-hydrogen) atoms. The fourth-order valence-electron chi connectivity index (χ4n) is 1.72. The van der Waals surface area contributed by atoms with Crippen LogP contribution in [0.4, 0.5) is 5.82 Å². The van der Waals surface area contributed by atoms with E-state index in [0.717, 1.165) is 6.42 Å². The third-order valence-corrected chi connectivity index (χ3v) is 2.62. The number of nitrogens with zero attached hydrogens (tertiary/aromatic N) is 2. The first-order valence-corrected chi connectivity index (χ1v) is 6.37. The molecule has 0 fully saturated rings. The molecule has 1 aromatic heterocycles. The van der Waals surface area contributed by atoms with Gasteiger partial charge in [0.1, 0.15) is 17.7 Å². The van der Waals surface area contributed by atoms with Gasteiger partial charge in [0.2, 0.25) is 5.88 Å². The van der Waals surface area contributed by atoms with Crippen molar-refractivity contribution in [3.05, 3.63) is 12.4 Å². The molecule has 0 saturated carbocycles. The van der Waals surface area contributed by atoms with Gasteiger partial charge < -0.3 is 15.2 Å². The summed E-state index contributed by atoms with van der Waals surface area (Å²) in [7, 11) is 0. The van der Waals surface area contributed by atoms with Crippen molar-refractivity contribution in [2.75, 3.05) is 5.32 Å². The maximum atomic E-state index is 11.3. The third kappa shape index (κ3) is 4.39. The largest absolute Gasteiger partial charge is 0.480 e. The van der Waals surface area contributed by atoms with Crippen LogP contribution >= 0.6 is 0 Å². The summed E-state index contributed by atoms with van der Waals surface area (Å²) in [5.41, 5.74) is -1.04. The van der Waals surface area contributed by atoms with Crippen molar-refractivity contribution in [2.24, 2.45) is 0 Å². The van der Waals surface area contributed by atoms with E-state index in [4.69, 9.17) is 4.74 Å². The molecule has 2 N–H and O–H groups in total. The van der Waals surface area contributed by atoms with Gasteiger partial charge in [0.25, 0.3) is 0 Å². The molecule has 0 bridgehead atoms. The van der Waals surface area contributed by atoms with Crippen LogP contribution in [0.5, 0.6) is 5.88 Å². The predicted molar refractivity (Wildman–Crippen MR) is 72.4 cm³/mol. The van der Waals surface area contributed by atoms with Gasteiger partial charge in [0.05, 0.1) is 6.10 Å². The van der Waals surface area contributed by atoms with Gasteiger partial charge in [-0.2, -0.15) is 0 Å². The van der Waals surface area contributed by atoms with Crippen LogP contribution in [0.2, 0.25) is 0 Å². The molecule has 6 heteroatoms. The molecule has 0 radical (unpaired) electrons. The summed E-state index contributed by atoms with van der Waals surface area (Å²) < 4.78 is 5.45. The van der Waals surface area contributed by atoms with Crippen LogP contribution < -0.4 is 10.1 Å². The Morgan fingerprint density at radius 2 is 2.21 bits per heavy atom. The average Bonchev–Trinajstić information content (AvgIpc) is 2.28. The first-order valence-electron chi connectivity index (χ1n) is 6.37. The number of rotatable bonds is 7. The van der Waals surface area contributed by atoms with Crippen LogP contribution in [-0.4, -0.2) is 32.7 Å². The van der Waals surface area contributed by atoms with Gasteiger partial charge >= 0.3 is 5.97 Å². The zero-order valence-electron chi connectivity index (χ0n) is 11.8. The Kier molecular flexibility index (Phi) is 5.09. The van der Waals surface area contributed by atoms with E-state index in [9.17, 15) is 9.90 Å². The van der Waals surface area contributed by atoms with E-state index in [1.807, 2.05) is 20.8 Å². The van der Waals surface area contributed by atoms with E-state index in [1.165, 1.54) is 6.33 Å². The Bertz CT molecular complexity index is 437. The molecule has 0 aliphatic rings. The van der Waals surface area contributed by atoms with E-state index in [0.29, 0.717) is 18.1 Å². The molecule has 0 aliphatic carbocycles. The lowest BCUT2D eigenvalue weighted by Crippen LogP contribution is -2.43. The van der Waals surface area contributed by atoms with Crippen molar-refractivity contribution in [1.29, 1.82) is 0 Å². The zero-order valence-corrected chi connectivity index (χ0v) is 11.8. The Labute approximate surface area is 113 Å². The zero-order chi connectivity index (χ0) is 14.5. The van der Waals surface area contributed by atoms with Crippen molar-refractivity contribution < 1.29 is 14.6 Å². The molecular weight excluding hydrogens is 246 g/mol. The highest BCUT2D eigenvalue weighted by Gasteiger charge is 2.32. The number of aromatic nitrogens is 2. The number of carboxylic acid groups (broad SMARTS) is 1. The lowest BCUT2D eigenvalue weighted by Gasteiger charge is -2.26. The number of carbonyl (C=O) groups is 1. The van der Waals surface area contributed by atoms with E-state index in [1.54, 1.807) is 13.0 Å². The Morgan fingerprint density at radius 3 is 2.74 bits per heavy atom. The molecule has 1 heterocycles. The fraction of sp³-hybridized carbons (Fsp3) is 0.615. The maximum absolute atomic E-state index is 11.3. The third-order valence-electron chi connectivity index (χ3n) is 2.62. The number of carboxylic acids is 1. The summed E-state index contributed by atoms with van der Waals surface area (Å²) in [5, 5.41) is 12.2. The SMILES string of the molecule is CCCC(C)(Nc1cc(OC(C)C)ncn1)C(=O)O. The summed E-state index contributed by atoms with van der Waals surface area (Å²) in [5.74, 6) is -0.0278. The second kappa shape index (κ2) is 6.36. The number of anilines is 1. The van der Waals surface area contributed by atoms with Gasteiger partial charge in [-0.05, 0) is 27.2 Å². The Balaban J connectivity index is 2.88.